The highest BCUT2D eigenvalue weighted by Crippen LogP contribution is 2.24. The van der Waals surface area contributed by atoms with E-state index in [0.29, 0.717) is 13.2 Å². The number of nitrogens with zero attached hydrogens (tertiary/aromatic N) is 5. The molecule has 0 aliphatic carbocycles. The zero-order chi connectivity index (χ0) is 17.8. The molecule has 1 atom stereocenters. The van der Waals surface area contributed by atoms with Crippen molar-refractivity contribution in [3.05, 3.63) is 66.4 Å². The molecule has 0 amide bonds. The summed E-state index contributed by atoms with van der Waals surface area (Å²) in [4.78, 5) is 19.8. The Morgan fingerprint density at radius 1 is 1.08 bits per heavy atom. The zero-order valence-electron chi connectivity index (χ0n) is 14.5. The van der Waals surface area contributed by atoms with Crippen LogP contribution in [-0.4, -0.2) is 39.6 Å². The minimum absolute atomic E-state index is 0.0984. The van der Waals surface area contributed by atoms with Gasteiger partial charge in [0.05, 0.1) is 30.7 Å². The highest BCUT2D eigenvalue weighted by Gasteiger charge is 2.24. The summed E-state index contributed by atoms with van der Waals surface area (Å²) in [6.07, 6.45) is 5.22. The van der Waals surface area contributed by atoms with Gasteiger partial charge in [0.2, 0.25) is 5.95 Å². The number of ether oxygens (including phenoxy) is 1. The first-order chi connectivity index (χ1) is 12.8. The molecule has 1 aliphatic heterocycles. The highest BCUT2D eigenvalue weighted by atomic mass is 16.5. The van der Waals surface area contributed by atoms with Gasteiger partial charge in [-0.1, -0.05) is 6.07 Å². The Kier molecular flexibility index (Phi) is 4.70. The summed E-state index contributed by atoms with van der Waals surface area (Å²) in [5, 5.41) is 3.26. The van der Waals surface area contributed by atoms with Crippen molar-refractivity contribution in [3.63, 3.8) is 0 Å². The number of anilines is 3. The van der Waals surface area contributed by atoms with Crippen molar-refractivity contribution in [3.8, 4) is 0 Å². The molecule has 3 aromatic rings. The lowest BCUT2D eigenvalue weighted by molar-refractivity contribution is 0.0365. The molecule has 0 spiro atoms. The van der Waals surface area contributed by atoms with Crippen molar-refractivity contribution in [1.82, 2.24) is 19.9 Å². The summed E-state index contributed by atoms with van der Waals surface area (Å²) >= 11 is 0. The summed E-state index contributed by atoms with van der Waals surface area (Å²) in [6, 6.07) is 11.7. The van der Waals surface area contributed by atoms with Gasteiger partial charge in [-0.3, -0.25) is 4.98 Å². The van der Waals surface area contributed by atoms with Crippen molar-refractivity contribution < 1.29 is 4.74 Å². The number of aromatic nitrogens is 4. The Morgan fingerprint density at radius 3 is 2.73 bits per heavy atom. The summed E-state index contributed by atoms with van der Waals surface area (Å²) in [6.45, 7) is 4.05. The molecule has 4 heterocycles. The second-order valence-corrected chi connectivity index (χ2v) is 6.12. The van der Waals surface area contributed by atoms with Gasteiger partial charge in [-0.2, -0.15) is 0 Å². The number of morpholine rings is 1. The van der Waals surface area contributed by atoms with Crippen LogP contribution < -0.4 is 10.2 Å². The van der Waals surface area contributed by atoms with Crippen LogP contribution in [-0.2, 0) is 4.74 Å². The predicted molar refractivity (Wildman–Crippen MR) is 99.4 cm³/mol. The van der Waals surface area contributed by atoms with E-state index in [2.05, 4.69) is 30.2 Å². The predicted octanol–water partition coefficient (Wildman–Crippen LogP) is 2.90. The fourth-order valence-corrected chi connectivity index (χ4v) is 2.89. The van der Waals surface area contributed by atoms with E-state index in [0.717, 1.165) is 35.4 Å². The molecule has 1 N–H and O–H groups in total. The van der Waals surface area contributed by atoms with E-state index in [9.17, 15) is 0 Å². The van der Waals surface area contributed by atoms with Gasteiger partial charge in [0, 0.05) is 24.6 Å². The number of pyridine rings is 2. The van der Waals surface area contributed by atoms with Crippen LogP contribution in [0.3, 0.4) is 0 Å². The van der Waals surface area contributed by atoms with E-state index < -0.39 is 0 Å². The lowest BCUT2D eigenvalue weighted by Crippen LogP contribution is -2.39. The Morgan fingerprint density at radius 2 is 1.96 bits per heavy atom. The Labute approximate surface area is 152 Å². The SMILES string of the molecule is Cc1cccc(Nc2ccc([C@H]3CN(c4ncccn4)CCO3)nc2)n1. The maximum absolute atomic E-state index is 5.90. The summed E-state index contributed by atoms with van der Waals surface area (Å²) in [5.41, 5.74) is 2.76. The molecule has 4 rings (SSSR count). The Balaban J connectivity index is 1.44. The van der Waals surface area contributed by atoms with Crippen molar-refractivity contribution >= 4 is 17.5 Å². The third-order valence-electron chi connectivity index (χ3n) is 4.18. The first-order valence-corrected chi connectivity index (χ1v) is 8.58. The summed E-state index contributed by atoms with van der Waals surface area (Å²) < 4.78 is 5.90. The summed E-state index contributed by atoms with van der Waals surface area (Å²) in [7, 11) is 0. The molecule has 0 unspecified atom stereocenters. The van der Waals surface area contributed by atoms with E-state index in [1.807, 2.05) is 43.3 Å². The molecule has 3 aromatic heterocycles. The van der Waals surface area contributed by atoms with Crippen LogP contribution >= 0.6 is 0 Å². The average Bonchev–Trinajstić information content (AvgIpc) is 2.69. The Hall–Kier alpha value is -3.06. The molecule has 1 fully saturated rings. The van der Waals surface area contributed by atoms with E-state index >= 15 is 0 Å². The molecule has 1 aliphatic rings. The molecule has 132 valence electrons. The topological polar surface area (TPSA) is 76.1 Å². The molecule has 0 radical (unpaired) electrons. The Bertz CT molecular complexity index is 855. The van der Waals surface area contributed by atoms with Gasteiger partial charge in [0.15, 0.2) is 0 Å². The zero-order valence-corrected chi connectivity index (χ0v) is 14.5. The van der Waals surface area contributed by atoms with Crippen molar-refractivity contribution in [2.45, 2.75) is 13.0 Å². The molecular formula is C19H20N6O. The highest BCUT2D eigenvalue weighted by molar-refractivity contribution is 5.55. The molecule has 0 aromatic carbocycles. The van der Waals surface area contributed by atoms with Gasteiger partial charge in [-0.05, 0) is 37.3 Å². The van der Waals surface area contributed by atoms with E-state index in [4.69, 9.17) is 4.74 Å². The van der Waals surface area contributed by atoms with Crippen molar-refractivity contribution in [2.24, 2.45) is 0 Å². The van der Waals surface area contributed by atoms with Gasteiger partial charge in [-0.25, -0.2) is 15.0 Å². The molecule has 0 bridgehead atoms. The van der Waals surface area contributed by atoms with Gasteiger partial charge >= 0.3 is 0 Å². The lowest BCUT2D eigenvalue weighted by atomic mass is 10.2. The third kappa shape index (κ3) is 3.78. The molecular weight excluding hydrogens is 328 g/mol. The monoisotopic (exact) mass is 348 g/mol. The number of aryl methyl sites for hydroxylation is 1. The van der Waals surface area contributed by atoms with Crippen LogP contribution in [0.15, 0.2) is 55.0 Å². The van der Waals surface area contributed by atoms with Crippen LogP contribution in [0, 0.1) is 6.92 Å². The smallest absolute Gasteiger partial charge is 0.225 e. The second-order valence-electron chi connectivity index (χ2n) is 6.12. The van der Waals surface area contributed by atoms with Gasteiger partial charge in [-0.15, -0.1) is 0 Å². The van der Waals surface area contributed by atoms with Crippen LogP contribution in [0.2, 0.25) is 0 Å². The van der Waals surface area contributed by atoms with Crippen LogP contribution in [0.1, 0.15) is 17.5 Å². The molecule has 1 saturated heterocycles. The first-order valence-electron chi connectivity index (χ1n) is 8.58. The van der Waals surface area contributed by atoms with E-state index in [1.54, 1.807) is 18.6 Å². The van der Waals surface area contributed by atoms with Crippen LogP contribution in [0.4, 0.5) is 17.5 Å². The average molecular weight is 348 g/mol. The number of nitrogens with one attached hydrogen (secondary N) is 1. The standard InChI is InChI=1S/C19H20N6O/c1-14-4-2-5-18(23-14)24-15-6-7-16(22-12-15)17-13-25(10-11-26-17)19-20-8-3-9-21-19/h2-9,12,17H,10-11,13H2,1H3,(H,23,24)/t17-/m1/s1. The van der Waals surface area contributed by atoms with Crippen LogP contribution in [0.25, 0.3) is 0 Å². The van der Waals surface area contributed by atoms with Crippen molar-refractivity contribution in [1.29, 1.82) is 0 Å². The quantitative estimate of drug-likeness (QED) is 0.777. The molecule has 26 heavy (non-hydrogen) atoms. The minimum atomic E-state index is -0.0984. The van der Waals surface area contributed by atoms with E-state index in [-0.39, 0.29) is 6.10 Å². The lowest BCUT2D eigenvalue weighted by Gasteiger charge is -2.32. The second kappa shape index (κ2) is 7.45. The van der Waals surface area contributed by atoms with Gasteiger partial charge < -0.3 is 15.0 Å². The fraction of sp³-hybridized carbons (Fsp3) is 0.263. The largest absolute Gasteiger partial charge is 0.368 e. The molecule has 7 nitrogen and oxygen atoms in total. The third-order valence-corrected chi connectivity index (χ3v) is 4.18. The minimum Gasteiger partial charge on any atom is -0.368 e. The van der Waals surface area contributed by atoms with Crippen molar-refractivity contribution in [2.75, 3.05) is 29.9 Å². The normalized spacial score (nSPS) is 17.1. The number of hydrogen-bond acceptors (Lipinski definition) is 7. The maximum atomic E-state index is 5.90. The van der Waals surface area contributed by atoms with Gasteiger partial charge in [0.1, 0.15) is 11.9 Å². The number of hydrogen-bond donors (Lipinski definition) is 1. The van der Waals surface area contributed by atoms with Gasteiger partial charge in [0.25, 0.3) is 0 Å². The number of rotatable bonds is 4. The van der Waals surface area contributed by atoms with Crippen LogP contribution in [0.5, 0.6) is 0 Å². The fourth-order valence-electron chi connectivity index (χ4n) is 2.89. The van der Waals surface area contributed by atoms with E-state index in [1.165, 1.54) is 0 Å². The molecule has 7 heteroatoms. The maximum Gasteiger partial charge on any atom is 0.225 e. The summed E-state index contributed by atoms with van der Waals surface area (Å²) in [5.74, 6) is 1.53. The first kappa shape index (κ1) is 16.4. The molecule has 0 saturated carbocycles.